The molecule has 4 nitrogen and oxygen atoms in total. The van der Waals surface area contributed by atoms with E-state index in [1.54, 1.807) is 13.0 Å². The maximum absolute atomic E-state index is 11.2. The highest BCUT2D eigenvalue weighted by molar-refractivity contribution is 5.75. The molecule has 0 saturated carbocycles. The molecule has 1 aliphatic heterocycles. The third-order valence-corrected chi connectivity index (χ3v) is 1.72. The molecule has 2 atom stereocenters. The van der Waals surface area contributed by atoms with Crippen LogP contribution in [0.3, 0.4) is 0 Å². The fourth-order valence-corrected chi connectivity index (χ4v) is 1.10. The van der Waals surface area contributed by atoms with Gasteiger partial charge in [-0.1, -0.05) is 6.08 Å². The molecule has 0 radical (unpaired) electrons. The lowest BCUT2D eigenvalue weighted by molar-refractivity contribution is -0.177. The van der Waals surface area contributed by atoms with Gasteiger partial charge >= 0.3 is 5.97 Å². The van der Waals surface area contributed by atoms with Gasteiger partial charge in [0.25, 0.3) is 0 Å². The van der Waals surface area contributed by atoms with Gasteiger partial charge in [-0.3, -0.25) is 0 Å². The Bertz CT molecular complexity index is 200. The van der Waals surface area contributed by atoms with Gasteiger partial charge in [-0.05, 0) is 13.0 Å². The minimum absolute atomic E-state index is 0.325. The smallest absolute Gasteiger partial charge is 0.335 e. The average molecular weight is 186 g/mol. The van der Waals surface area contributed by atoms with Gasteiger partial charge in [0, 0.05) is 13.5 Å². The lowest BCUT2D eigenvalue weighted by Crippen LogP contribution is -2.33. The largest absolute Gasteiger partial charge is 0.464 e. The molecular weight excluding hydrogens is 172 g/mol. The van der Waals surface area contributed by atoms with Gasteiger partial charge in [0.1, 0.15) is 0 Å². The summed E-state index contributed by atoms with van der Waals surface area (Å²) in [4.78, 5) is 11.2. The number of carbonyl (C=O) groups is 1. The molecule has 0 bridgehead atoms. The molecule has 0 aromatic rings. The van der Waals surface area contributed by atoms with E-state index in [9.17, 15) is 4.79 Å². The molecule has 1 aliphatic rings. The molecule has 1 rings (SSSR count). The topological polar surface area (TPSA) is 44.8 Å². The Morgan fingerprint density at radius 3 is 3.08 bits per heavy atom. The summed E-state index contributed by atoms with van der Waals surface area (Å²) in [5.74, 6) is -0.325. The third kappa shape index (κ3) is 2.82. The number of esters is 1. The summed E-state index contributed by atoms with van der Waals surface area (Å²) in [6.07, 6.45) is 3.24. The van der Waals surface area contributed by atoms with Gasteiger partial charge in [0.15, 0.2) is 12.4 Å². The summed E-state index contributed by atoms with van der Waals surface area (Å²) in [5.41, 5.74) is 0. The molecule has 0 fully saturated rings. The SMILES string of the molecule is CCOC(=O)[C@@H]1CC=C[C@H](OC)O1. The molecule has 0 saturated heterocycles. The Hall–Kier alpha value is -0.870. The summed E-state index contributed by atoms with van der Waals surface area (Å²) < 4.78 is 15.0. The van der Waals surface area contributed by atoms with E-state index in [1.807, 2.05) is 6.08 Å². The molecule has 4 heteroatoms. The lowest BCUT2D eigenvalue weighted by Gasteiger charge is -2.23. The Morgan fingerprint density at radius 1 is 1.69 bits per heavy atom. The van der Waals surface area contributed by atoms with E-state index in [0.717, 1.165) is 0 Å². The van der Waals surface area contributed by atoms with Crippen molar-refractivity contribution in [1.29, 1.82) is 0 Å². The van der Waals surface area contributed by atoms with Gasteiger partial charge in [0.2, 0.25) is 0 Å². The van der Waals surface area contributed by atoms with Crippen LogP contribution in [0.15, 0.2) is 12.2 Å². The highest BCUT2D eigenvalue weighted by Crippen LogP contribution is 2.13. The third-order valence-electron chi connectivity index (χ3n) is 1.72. The minimum atomic E-state index is -0.519. The second-order valence-corrected chi connectivity index (χ2v) is 2.64. The van der Waals surface area contributed by atoms with E-state index in [0.29, 0.717) is 13.0 Å². The minimum Gasteiger partial charge on any atom is -0.464 e. The summed E-state index contributed by atoms with van der Waals surface area (Å²) >= 11 is 0. The van der Waals surface area contributed by atoms with E-state index in [2.05, 4.69) is 0 Å². The Balaban J connectivity index is 2.44. The van der Waals surface area contributed by atoms with Crippen LogP contribution in [0.1, 0.15) is 13.3 Å². The van der Waals surface area contributed by atoms with Crippen LogP contribution in [-0.2, 0) is 19.0 Å². The van der Waals surface area contributed by atoms with E-state index in [-0.39, 0.29) is 5.97 Å². The number of carbonyl (C=O) groups excluding carboxylic acids is 1. The molecule has 0 spiro atoms. The number of methoxy groups -OCH3 is 1. The van der Waals surface area contributed by atoms with Crippen LogP contribution in [0.2, 0.25) is 0 Å². The molecule has 0 unspecified atom stereocenters. The first kappa shape index (κ1) is 10.2. The highest BCUT2D eigenvalue weighted by atomic mass is 16.7. The van der Waals surface area contributed by atoms with Crippen LogP contribution in [0.4, 0.5) is 0 Å². The van der Waals surface area contributed by atoms with Crippen LogP contribution < -0.4 is 0 Å². The van der Waals surface area contributed by atoms with E-state index in [4.69, 9.17) is 14.2 Å². The van der Waals surface area contributed by atoms with Crippen molar-refractivity contribution in [1.82, 2.24) is 0 Å². The van der Waals surface area contributed by atoms with Gasteiger partial charge in [0.05, 0.1) is 6.61 Å². The molecule has 74 valence electrons. The van der Waals surface area contributed by atoms with Crippen molar-refractivity contribution in [2.24, 2.45) is 0 Å². The molecule has 13 heavy (non-hydrogen) atoms. The Labute approximate surface area is 77.5 Å². The number of hydrogen-bond donors (Lipinski definition) is 0. The predicted molar refractivity (Wildman–Crippen MR) is 46.1 cm³/mol. The molecular formula is C9H14O4. The molecule has 0 amide bonds. The molecule has 0 aromatic heterocycles. The van der Waals surface area contributed by atoms with Crippen molar-refractivity contribution in [3.63, 3.8) is 0 Å². The second-order valence-electron chi connectivity index (χ2n) is 2.64. The maximum atomic E-state index is 11.2. The zero-order chi connectivity index (χ0) is 9.68. The number of hydrogen-bond acceptors (Lipinski definition) is 4. The van der Waals surface area contributed by atoms with Gasteiger partial charge in [-0.2, -0.15) is 0 Å². The first-order valence-corrected chi connectivity index (χ1v) is 4.29. The van der Waals surface area contributed by atoms with Crippen molar-refractivity contribution in [2.75, 3.05) is 13.7 Å². The van der Waals surface area contributed by atoms with Gasteiger partial charge in [-0.25, -0.2) is 4.79 Å². The lowest BCUT2D eigenvalue weighted by atomic mass is 10.2. The molecule has 0 aromatic carbocycles. The van der Waals surface area contributed by atoms with Gasteiger partial charge in [-0.15, -0.1) is 0 Å². The van der Waals surface area contributed by atoms with E-state index >= 15 is 0 Å². The predicted octanol–water partition coefficient (Wildman–Crippen LogP) is 0.867. The van der Waals surface area contributed by atoms with Crippen molar-refractivity contribution in [3.05, 3.63) is 12.2 Å². The number of rotatable bonds is 3. The number of ether oxygens (including phenoxy) is 3. The summed E-state index contributed by atoms with van der Waals surface area (Å²) in [6.45, 7) is 2.14. The monoisotopic (exact) mass is 186 g/mol. The summed E-state index contributed by atoms with van der Waals surface area (Å²) in [5, 5.41) is 0. The maximum Gasteiger partial charge on any atom is 0.335 e. The van der Waals surface area contributed by atoms with Crippen molar-refractivity contribution in [3.8, 4) is 0 Å². The molecule has 1 heterocycles. The first-order valence-electron chi connectivity index (χ1n) is 4.29. The van der Waals surface area contributed by atoms with Crippen LogP contribution in [0.5, 0.6) is 0 Å². The van der Waals surface area contributed by atoms with Crippen molar-refractivity contribution in [2.45, 2.75) is 25.7 Å². The van der Waals surface area contributed by atoms with Crippen LogP contribution >= 0.6 is 0 Å². The zero-order valence-corrected chi connectivity index (χ0v) is 7.86. The highest BCUT2D eigenvalue weighted by Gasteiger charge is 2.25. The second kappa shape index (κ2) is 4.99. The van der Waals surface area contributed by atoms with Crippen LogP contribution in [0.25, 0.3) is 0 Å². The average Bonchev–Trinajstić information content (AvgIpc) is 2.18. The summed E-state index contributed by atoms with van der Waals surface area (Å²) in [7, 11) is 1.53. The fraction of sp³-hybridized carbons (Fsp3) is 0.667. The van der Waals surface area contributed by atoms with Crippen LogP contribution in [-0.4, -0.2) is 32.1 Å². The van der Waals surface area contributed by atoms with Gasteiger partial charge < -0.3 is 14.2 Å². The van der Waals surface area contributed by atoms with E-state index < -0.39 is 12.4 Å². The standard InChI is InChI=1S/C9H14O4/c1-3-12-9(10)7-5-4-6-8(11-2)13-7/h4,6-8H,3,5H2,1-2H3/t7-,8+/m0/s1. The van der Waals surface area contributed by atoms with Crippen molar-refractivity contribution < 1.29 is 19.0 Å². The Kier molecular flexibility index (Phi) is 3.92. The molecule has 0 aliphatic carbocycles. The van der Waals surface area contributed by atoms with E-state index in [1.165, 1.54) is 7.11 Å². The quantitative estimate of drug-likeness (QED) is 0.484. The fourth-order valence-electron chi connectivity index (χ4n) is 1.10. The first-order chi connectivity index (χ1) is 6.27. The summed E-state index contributed by atoms with van der Waals surface area (Å²) in [6, 6.07) is 0. The van der Waals surface area contributed by atoms with Crippen molar-refractivity contribution >= 4 is 5.97 Å². The Morgan fingerprint density at radius 2 is 2.46 bits per heavy atom. The zero-order valence-electron chi connectivity index (χ0n) is 7.86. The normalized spacial score (nSPS) is 27.2. The van der Waals surface area contributed by atoms with Crippen LogP contribution in [0, 0.1) is 0 Å². The molecule has 0 N–H and O–H groups in total.